The van der Waals surface area contributed by atoms with Gasteiger partial charge < -0.3 is 5.11 Å². The van der Waals surface area contributed by atoms with Crippen LogP contribution in [-0.4, -0.2) is 25.6 Å². The standard InChI is InChI=1S/C12H12FNO5S2/c1-6-10-8(13)4-3-5-9(10)20-12(6)21(17,18)14-19-7(2)11(15)16/h3-5,7,14H,1-2H3,(H,15,16)/t7-/m0/s1. The van der Waals surface area contributed by atoms with E-state index in [-0.39, 0.29) is 15.2 Å². The van der Waals surface area contributed by atoms with Crippen molar-refractivity contribution in [2.24, 2.45) is 0 Å². The molecule has 0 unspecified atom stereocenters. The number of nitrogens with one attached hydrogen (secondary N) is 1. The summed E-state index contributed by atoms with van der Waals surface area (Å²) in [7, 11) is -4.08. The highest BCUT2D eigenvalue weighted by Crippen LogP contribution is 2.35. The van der Waals surface area contributed by atoms with E-state index in [1.165, 1.54) is 26.0 Å². The van der Waals surface area contributed by atoms with E-state index in [1.807, 2.05) is 0 Å². The zero-order chi connectivity index (χ0) is 15.8. The Kier molecular flexibility index (Phi) is 4.28. The van der Waals surface area contributed by atoms with Gasteiger partial charge in [-0.1, -0.05) is 11.0 Å². The molecule has 0 spiro atoms. The molecule has 0 fully saturated rings. The van der Waals surface area contributed by atoms with Gasteiger partial charge in [0, 0.05) is 10.1 Å². The van der Waals surface area contributed by atoms with Gasteiger partial charge in [0.15, 0.2) is 6.10 Å². The first-order valence-electron chi connectivity index (χ1n) is 5.82. The van der Waals surface area contributed by atoms with Crippen molar-refractivity contribution in [3.8, 4) is 0 Å². The Morgan fingerprint density at radius 2 is 2.14 bits per heavy atom. The minimum atomic E-state index is -4.08. The first-order valence-corrected chi connectivity index (χ1v) is 8.12. The van der Waals surface area contributed by atoms with Crippen LogP contribution >= 0.6 is 11.3 Å². The van der Waals surface area contributed by atoms with E-state index in [1.54, 1.807) is 11.0 Å². The SMILES string of the molecule is Cc1c(S(=O)(=O)NO[C@@H](C)C(=O)O)sc2cccc(F)c12. The molecule has 0 aliphatic rings. The van der Waals surface area contributed by atoms with Crippen LogP contribution in [-0.2, 0) is 19.7 Å². The smallest absolute Gasteiger partial charge is 0.334 e. The van der Waals surface area contributed by atoms with Crippen LogP contribution in [0.25, 0.3) is 10.1 Å². The summed E-state index contributed by atoms with van der Waals surface area (Å²) < 4.78 is 38.4. The van der Waals surface area contributed by atoms with Crippen molar-refractivity contribution in [2.45, 2.75) is 24.2 Å². The summed E-state index contributed by atoms with van der Waals surface area (Å²) >= 11 is 0.887. The number of aliphatic carboxylic acids is 1. The van der Waals surface area contributed by atoms with E-state index >= 15 is 0 Å². The summed E-state index contributed by atoms with van der Waals surface area (Å²) in [6.45, 7) is 2.67. The third-order valence-electron chi connectivity index (χ3n) is 2.79. The molecule has 0 amide bonds. The molecular formula is C12H12FNO5S2. The van der Waals surface area contributed by atoms with Crippen LogP contribution in [0.4, 0.5) is 4.39 Å². The number of sulfonamides is 1. The molecule has 2 aromatic rings. The van der Waals surface area contributed by atoms with Crippen LogP contribution in [0, 0.1) is 12.7 Å². The molecule has 0 saturated carbocycles. The van der Waals surface area contributed by atoms with Crippen molar-refractivity contribution < 1.29 is 27.5 Å². The largest absolute Gasteiger partial charge is 0.479 e. The summed E-state index contributed by atoms with van der Waals surface area (Å²) in [5.74, 6) is -1.82. The Hall–Kier alpha value is -1.55. The van der Waals surface area contributed by atoms with Gasteiger partial charge in [0.05, 0.1) is 0 Å². The van der Waals surface area contributed by atoms with Crippen LogP contribution in [0.5, 0.6) is 0 Å². The Labute approximate surface area is 124 Å². The number of hydrogen-bond donors (Lipinski definition) is 2. The van der Waals surface area contributed by atoms with Crippen molar-refractivity contribution >= 4 is 37.4 Å². The van der Waals surface area contributed by atoms with E-state index in [4.69, 9.17) is 5.11 Å². The number of carboxylic acids is 1. The predicted octanol–water partition coefficient (Wildman–Crippen LogP) is 2.03. The third-order valence-corrected chi connectivity index (χ3v) is 5.86. The highest BCUT2D eigenvalue weighted by molar-refractivity contribution is 7.91. The number of rotatable bonds is 5. The molecular weight excluding hydrogens is 321 g/mol. The van der Waals surface area contributed by atoms with Crippen LogP contribution in [0.15, 0.2) is 22.4 Å². The second-order valence-corrected chi connectivity index (χ2v) is 7.20. The first-order chi connectivity index (χ1) is 9.74. The highest BCUT2D eigenvalue weighted by Gasteiger charge is 2.25. The average molecular weight is 333 g/mol. The predicted molar refractivity (Wildman–Crippen MR) is 75.0 cm³/mol. The lowest BCUT2D eigenvalue weighted by Gasteiger charge is -2.09. The van der Waals surface area contributed by atoms with E-state index < -0.39 is 27.9 Å². The Morgan fingerprint density at radius 1 is 1.48 bits per heavy atom. The summed E-state index contributed by atoms with van der Waals surface area (Å²) in [5, 5.41) is 8.88. The molecule has 0 radical (unpaired) electrons. The zero-order valence-corrected chi connectivity index (χ0v) is 12.7. The fourth-order valence-corrected chi connectivity index (χ4v) is 4.33. The summed E-state index contributed by atoms with van der Waals surface area (Å²) in [4.78, 5) is 16.9. The second-order valence-electron chi connectivity index (χ2n) is 4.31. The Bertz CT molecular complexity index is 799. The molecule has 6 nitrogen and oxygen atoms in total. The minimum absolute atomic E-state index is 0.111. The molecule has 0 saturated heterocycles. The molecule has 1 aromatic carbocycles. The lowest BCUT2D eigenvalue weighted by Crippen LogP contribution is -2.32. The number of hydrogen-bond acceptors (Lipinski definition) is 5. The van der Waals surface area contributed by atoms with Gasteiger partial charge in [-0.05, 0) is 31.5 Å². The van der Waals surface area contributed by atoms with Crippen LogP contribution < -0.4 is 4.89 Å². The molecule has 0 aliphatic heterocycles. The fraction of sp³-hybridized carbons (Fsp3) is 0.250. The quantitative estimate of drug-likeness (QED) is 0.817. The number of halogens is 1. The lowest BCUT2D eigenvalue weighted by molar-refractivity contribution is -0.151. The minimum Gasteiger partial charge on any atom is -0.479 e. The topological polar surface area (TPSA) is 92.7 Å². The summed E-state index contributed by atoms with van der Waals surface area (Å²) in [6.07, 6.45) is -1.34. The molecule has 21 heavy (non-hydrogen) atoms. The van der Waals surface area contributed by atoms with Gasteiger partial charge in [0.1, 0.15) is 10.0 Å². The maximum atomic E-state index is 13.8. The van der Waals surface area contributed by atoms with Crippen LogP contribution in [0.2, 0.25) is 0 Å². The maximum absolute atomic E-state index is 13.8. The van der Waals surface area contributed by atoms with Gasteiger partial charge in [0.2, 0.25) is 0 Å². The fourth-order valence-electron chi connectivity index (χ4n) is 1.71. The van der Waals surface area contributed by atoms with E-state index in [0.717, 1.165) is 11.3 Å². The number of benzene rings is 1. The van der Waals surface area contributed by atoms with Crippen LogP contribution in [0.3, 0.4) is 0 Å². The van der Waals surface area contributed by atoms with Gasteiger partial charge in [-0.15, -0.1) is 11.3 Å². The summed E-state index contributed by atoms with van der Waals surface area (Å²) in [6, 6.07) is 4.34. The lowest BCUT2D eigenvalue weighted by atomic mass is 10.2. The highest BCUT2D eigenvalue weighted by atomic mass is 32.2. The number of thiophene rings is 1. The number of carboxylic acid groups (broad SMARTS) is 1. The molecule has 2 N–H and O–H groups in total. The number of aryl methyl sites for hydroxylation is 1. The number of fused-ring (bicyclic) bond motifs is 1. The molecule has 114 valence electrons. The van der Waals surface area contributed by atoms with E-state index in [0.29, 0.717) is 4.70 Å². The van der Waals surface area contributed by atoms with Gasteiger partial charge in [-0.3, -0.25) is 4.84 Å². The molecule has 1 aromatic heterocycles. The monoisotopic (exact) mass is 333 g/mol. The van der Waals surface area contributed by atoms with Crippen molar-refractivity contribution in [1.29, 1.82) is 0 Å². The van der Waals surface area contributed by atoms with Crippen molar-refractivity contribution in [1.82, 2.24) is 4.89 Å². The third kappa shape index (κ3) is 3.05. The first kappa shape index (κ1) is 15.8. The van der Waals surface area contributed by atoms with Gasteiger partial charge in [-0.25, -0.2) is 17.6 Å². The molecule has 0 aliphatic carbocycles. The Balaban J connectivity index is 2.39. The van der Waals surface area contributed by atoms with Gasteiger partial charge in [-0.2, -0.15) is 0 Å². The Morgan fingerprint density at radius 3 is 2.71 bits per heavy atom. The number of carbonyl (C=O) groups is 1. The molecule has 0 bridgehead atoms. The van der Waals surface area contributed by atoms with Gasteiger partial charge in [0.25, 0.3) is 10.0 Å². The van der Waals surface area contributed by atoms with Gasteiger partial charge >= 0.3 is 5.97 Å². The molecule has 1 atom stereocenters. The molecule has 1 heterocycles. The average Bonchev–Trinajstić information content (AvgIpc) is 2.75. The zero-order valence-electron chi connectivity index (χ0n) is 11.1. The van der Waals surface area contributed by atoms with Crippen molar-refractivity contribution in [2.75, 3.05) is 0 Å². The molecule has 2 rings (SSSR count). The maximum Gasteiger partial charge on any atom is 0.334 e. The van der Waals surface area contributed by atoms with Crippen LogP contribution in [0.1, 0.15) is 12.5 Å². The second kappa shape index (κ2) is 5.68. The normalized spacial score (nSPS) is 13.5. The van der Waals surface area contributed by atoms with E-state index in [2.05, 4.69) is 4.84 Å². The molecule has 9 heteroatoms. The van der Waals surface area contributed by atoms with Crippen molar-refractivity contribution in [3.63, 3.8) is 0 Å². The van der Waals surface area contributed by atoms with E-state index in [9.17, 15) is 17.6 Å². The van der Waals surface area contributed by atoms with Crippen molar-refractivity contribution in [3.05, 3.63) is 29.6 Å². The summed E-state index contributed by atoms with van der Waals surface area (Å²) in [5.41, 5.74) is 0.257.